The first-order valence-electron chi connectivity index (χ1n) is 4.05. The molecule has 0 aromatic carbocycles. The summed E-state index contributed by atoms with van der Waals surface area (Å²) in [6, 6.07) is 0. The van der Waals surface area contributed by atoms with Crippen molar-refractivity contribution in [2.24, 2.45) is 5.92 Å². The van der Waals surface area contributed by atoms with Gasteiger partial charge >= 0.3 is 24.3 Å². The highest BCUT2D eigenvalue weighted by Crippen LogP contribution is 2.48. The van der Waals surface area contributed by atoms with E-state index in [1.807, 2.05) is 0 Å². The molecule has 106 valence electrons. The van der Waals surface area contributed by atoms with Crippen molar-refractivity contribution in [1.82, 2.24) is 0 Å². The molecule has 0 aliphatic rings. The van der Waals surface area contributed by atoms with Gasteiger partial charge in [-0.05, 0) is 0 Å². The number of carboxylic acids is 2. The fourth-order valence-electron chi connectivity index (χ4n) is 1.14. The van der Waals surface area contributed by atoms with Crippen molar-refractivity contribution >= 4 is 11.9 Å². The van der Waals surface area contributed by atoms with Crippen LogP contribution in [-0.4, -0.2) is 45.2 Å². The highest BCUT2D eigenvalue weighted by Gasteiger charge is 2.75. The lowest BCUT2D eigenvalue weighted by Gasteiger charge is -2.35. The third-order valence-corrected chi connectivity index (χ3v) is 2.05. The van der Waals surface area contributed by atoms with Crippen molar-refractivity contribution in [2.45, 2.75) is 24.4 Å². The van der Waals surface area contributed by atoms with Crippen LogP contribution in [0.15, 0.2) is 0 Å². The summed E-state index contributed by atoms with van der Waals surface area (Å²) in [4.78, 5) is 20.5. The zero-order valence-electron chi connectivity index (χ0n) is 8.21. The lowest BCUT2D eigenvalue weighted by Crippen LogP contribution is -2.63. The molecule has 0 amide bonds. The van der Waals surface area contributed by atoms with Crippen molar-refractivity contribution in [2.75, 3.05) is 0 Å². The number of aliphatic carboxylic acids is 2. The van der Waals surface area contributed by atoms with Gasteiger partial charge in [-0.25, -0.2) is 0 Å². The summed E-state index contributed by atoms with van der Waals surface area (Å²) in [5, 5.41) is 25.0. The normalized spacial score (nSPS) is 15.3. The Kier molecular flexibility index (Phi) is 4.24. The number of rotatable bonds is 4. The molecule has 11 heteroatoms. The van der Waals surface area contributed by atoms with Crippen molar-refractivity contribution < 1.29 is 51.3 Å². The second-order valence-electron chi connectivity index (χ2n) is 3.25. The minimum atomic E-state index is -6.39. The summed E-state index contributed by atoms with van der Waals surface area (Å²) in [6.07, 6.45) is -14.8. The quantitative estimate of drug-likeness (QED) is 0.670. The van der Waals surface area contributed by atoms with E-state index in [0.717, 1.165) is 0 Å². The van der Waals surface area contributed by atoms with E-state index in [4.69, 9.17) is 15.3 Å². The molecule has 0 aromatic rings. The Labute approximate surface area is 94.6 Å². The van der Waals surface area contributed by atoms with Crippen LogP contribution in [0.1, 0.15) is 6.42 Å². The summed E-state index contributed by atoms with van der Waals surface area (Å²) in [5.41, 5.74) is -5.63. The number of aliphatic hydroxyl groups is 1. The molecule has 0 spiro atoms. The molecule has 0 rings (SSSR count). The van der Waals surface area contributed by atoms with Gasteiger partial charge in [0.05, 0.1) is 6.42 Å². The van der Waals surface area contributed by atoms with Crippen molar-refractivity contribution in [3.63, 3.8) is 0 Å². The van der Waals surface area contributed by atoms with Crippen LogP contribution in [0.5, 0.6) is 0 Å². The maximum atomic E-state index is 12.2. The Balaban J connectivity index is 5.83. The van der Waals surface area contributed by atoms with Crippen molar-refractivity contribution in [1.29, 1.82) is 0 Å². The molecule has 0 aliphatic heterocycles. The predicted octanol–water partition coefficient (Wildman–Crippen LogP) is 1.02. The number of carboxylic acid groups (broad SMARTS) is 2. The Bertz CT molecular complexity index is 331. The van der Waals surface area contributed by atoms with Gasteiger partial charge in [0.1, 0.15) is 5.92 Å². The molecular formula is C7H6F6O5. The standard InChI is InChI=1S/C7H6F6O5/c8-6(9,10)5(18,7(11,12)13)2(4(16)17)1-3(14)15/h2,18H,1H2,(H,14,15)(H,16,17). The fourth-order valence-corrected chi connectivity index (χ4v) is 1.14. The van der Waals surface area contributed by atoms with Gasteiger partial charge in [0.25, 0.3) is 5.60 Å². The van der Waals surface area contributed by atoms with Crippen LogP contribution in [0.2, 0.25) is 0 Å². The summed E-state index contributed by atoms with van der Waals surface area (Å²) >= 11 is 0. The van der Waals surface area contributed by atoms with E-state index in [1.54, 1.807) is 0 Å². The van der Waals surface area contributed by atoms with E-state index in [2.05, 4.69) is 0 Å². The van der Waals surface area contributed by atoms with E-state index in [-0.39, 0.29) is 0 Å². The molecule has 0 radical (unpaired) electrons. The first-order chi connectivity index (χ1) is 7.75. The van der Waals surface area contributed by atoms with Gasteiger partial charge in [-0.15, -0.1) is 0 Å². The van der Waals surface area contributed by atoms with Crippen molar-refractivity contribution in [3.05, 3.63) is 0 Å². The van der Waals surface area contributed by atoms with Gasteiger partial charge in [0.2, 0.25) is 0 Å². The van der Waals surface area contributed by atoms with Gasteiger partial charge in [-0.3, -0.25) is 9.59 Å². The molecule has 18 heavy (non-hydrogen) atoms. The number of halogens is 6. The monoisotopic (exact) mass is 284 g/mol. The predicted molar refractivity (Wildman–Crippen MR) is 40.4 cm³/mol. The maximum absolute atomic E-state index is 12.2. The molecule has 5 nitrogen and oxygen atoms in total. The van der Waals surface area contributed by atoms with E-state index >= 15 is 0 Å². The molecule has 0 bridgehead atoms. The van der Waals surface area contributed by atoms with Gasteiger partial charge in [0.15, 0.2) is 0 Å². The second-order valence-corrected chi connectivity index (χ2v) is 3.25. The molecule has 0 saturated heterocycles. The number of carbonyl (C=O) groups is 2. The zero-order chi connectivity index (χ0) is 14.9. The maximum Gasteiger partial charge on any atom is 0.427 e. The highest BCUT2D eigenvalue weighted by atomic mass is 19.4. The van der Waals surface area contributed by atoms with Gasteiger partial charge in [0, 0.05) is 0 Å². The molecule has 0 heterocycles. The average molecular weight is 284 g/mol. The van der Waals surface area contributed by atoms with E-state index in [1.165, 1.54) is 0 Å². The molecular weight excluding hydrogens is 278 g/mol. The van der Waals surface area contributed by atoms with Crippen LogP contribution in [0.4, 0.5) is 26.3 Å². The largest absolute Gasteiger partial charge is 0.481 e. The highest BCUT2D eigenvalue weighted by molar-refractivity contribution is 5.79. The van der Waals surface area contributed by atoms with Crippen molar-refractivity contribution in [3.8, 4) is 0 Å². The molecule has 0 fully saturated rings. The lowest BCUT2D eigenvalue weighted by molar-refractivity contribution is -0.382. The SMILES string of the molecule is O=C(O)CC(C(=O)O)C(O)(C(F)(F)F)C(F)(F)F. The number of hydrogen-bond donors (Lipinski definition) is 3. The van der Waals surface area contributed by atoms with Gasteiger partial charge in [-0.1, -0.05) is 0 Å². The Morgan fingerprint density at radius 3 is 1.44 bits per heavy atom. The van der Waals surface area contributed by atoms with Crippen LogP contribution >= 0.6 is 0 Å². The third kappa shape index (κ3) is 2.83. The molecule has 1 atom stereocenters. The first-order valence-corrected chi connectivity index (χ1v) is 4.05. The second kappa shape index (κ2) is 4.63. The van der Waals surface area contributed by atoms with Crippen LogP contribution in [0, 0.1) is 5.92 Å². The molecule has 3 N–H and O–H groups in total. The summed E-state index contributed by atoms with van der Waals surface area (Å²) in [6.45, 7) is 0. The van der Waals surface area contributed by atoms with Crippen LogP contribution in [0.3, 0.4) is 0 Å². The Morgan fingerprint density at radius 2 is 1.28 bits per heavy atom. The van der Waals surface area contributed by atoms with E-state index < -0.39 is 42.2 Å². The number of alkyl halides is 6. The average Bonchev–Trinajstić information content (AvgIpc) is 2.08. The van der Waals surface area contributed by atoms with E-state index in [0.29, 0.717) is 0 Å². The lowest BCUT2D eigenvalue weighted by atomic mass is 9.83. The Morgan fingerprint density at radius 1 is 0.944 bits per heavy atom. The van der Waals surface area contributed by atoms with Crippen LogP contribution < -0.4 is 0 Å². The van der Waals surface area contributed by atoms with E-state index in [9.17, 15) is 35.9 Å². The number of hydrogen-bond acceptors (Lipinski definition) is 3. The zero-order valence-corrected chi connectivity index (χ0v) is 8.21. The molecule has 0 saturated carbocycles. The Hall–Kier alpha value is -1.52. The summed E-state index contributed by atoms with van der Waals surface area (Å²) < 4.78 is 73.4. The smallest absolute Gasteiger partial charge is 0.427 e. The van der Waals surface area contributed by atoms with Crippen LogP contribution in [-0.2, 0) is 9.59 Å². The molecule has 0 aromatic heterocycles. The summed E-state index contributed by atoms with van der Waals surface area (Å²) in [5.74, 6) is -8.56. The minimum absolute atomic E-state index is 2.04. The third-order valence-electron chi connectivity index (χ3n) is 2.05. The van der Waals surface area contributed by atoms with Gasteiger partial charge in [-0.2, -0.15) is 26.3 Å². The minimum Gasteiger partial charge on any atom is -0.481 e. The summed E-state index contributed by atoms with van der Waals surface area (Å²) in [7, 11) is 0. The molecule has 1 unspecified atom stereocenters. The first kappa shape index (κ1) is 16.5. The topological polar surface area (TPSA) is 94.8 Å². The van der Waals surface area contributed by atoms with Crippen LogP contribution in [0.25, 0.3) is 0 Å². The fraction of sp³-hybridized carbons (Fsp3) is 0.714. The molecule has 0 aliphatic carbocycles. The van der Waals surface area contributed by atoms with Gasteiger partial charge < -0.3 is 15.3 Å².